The van der Waals surface area contributed by atoms with Gasteiger partial charge in [-0.05, 0) is 31.9 Å². The minimum Gasteiger partial charge on any atom is -0.496 e. The minimum atomic E-state index is -0.239. The molecular weight excluding hydrogens is 280 g/mol. The summed E-state index contributed by atoms with van der Waals surface area (Å²) in [7, 11) is 1.57. The van der Waals surface area contributed by atoms with Crippen molar-refractivity contribution < 1.29 is 19.0 Å². The zero-order valence-corrected chi connectivity index (χ0v) is 13.6. The van der Waals surface area contributed by atoms with E-state index in [9.17, 15) is 4.79 Å². The molecular formula is C18H24O4. The zero-order valence-electron chi connectivity index (χ0n) is 13.6. The first kappa shape index (κ1) is 16.6. The summed E-state index contributed by atoms with van der Waals surface area (Å²) in [4.78, 5) is 11.3. The number of ether oxygens (including phenoxy) is 3. The largest absolute Gasteiger partial charge is 0.496 e. The van der Waals surface area contributed by atoms with E-state index in [0.29, 0.717) is 17.1 Å². The van der Waals surface area contributed by atoms with Gasteiger partial charge in [-0.3, -0.25) is 4.79 Å². The Balaban J connectivity index is 2.42. The fourth-order valence-corrected chi connectivity index (χ4v) is 2.62. The molecule has 4 nitrogen and oxygen atoms in total. The topological polar surface area (TPSA) is 44.8 Å². The third-order valence-corrected chi connectivity index (χ3v) is 4.09. The molecule has 0 aromatic heterocycles. The van der Waals surface area contributed by atoms with Crippen LogP contribution >= 0.6 is 0 Å². The maximum atomic E-state index is 11.3. The van der Waals surface area contributed by atoms with E-state index < -0.39 is 0 Å². The van der Waals surface area contributed by atoms with Gasteiger partial charge in [0.2, 0.25) is 0 Å². The molecule has 0 spiro atoms. The predicted octanol–water partition coefficient (Wildman–Crippen LogP) is 4.09. The molecule has 2 rings (SSSR count). The summed E-state index contributed by atoms with van der Waals surface area (Å²) < 4.78 is 17.2. The minimum absolute atomic E-state index is 0.0217. The molecule has 1 aromatic carbocycles. The van der Waals surface area contributed by atoms with Crippen molar-refractivity contribution in [1.29, 1.82) is 0 Å². The number of methoxy groups -OCH3 is 1. The normalized spacial score (nSPS) is 19.3. The molecule has 0 amide bonds. The lowest BCUT2D eigenvalue weighted by atomic mass is 9.91. The lowest BCUT2D eigenvalue weighted by molar-refractivity contribution is -0.106. The Morgan fingerprint density at radius 3 is 2.77 bits per heavy atom. The van der Waals surface area contributed by atoms with Crippen molar-refractivity contribution in [2.45, 2.75) is 45.3 Å². The Morgan fingerprint density at radius 1 is 1.45 bits per heavy atom. The van der Waals surface area contributed by atoms with Crippen LogP contribution in [0.3, 0.4) is 0 Å². The molecule has 1 fully saturated rings. The second-order valence-corrected chi connectivity index (χ2v) is 5.70. The van der Waals surface area contributed by atoms with Crippen LogP contribution in [0.2, 0.25) is 0 Å². The molecule has 1 aromatic rings. The summed E-state index contributed by atoms with van der Waals surface area (Å²) in [5, 5.41) is 0. The molecule has 2 atom stereocenters. The van der Waals surface area contributed by atoms with Crippen LogP contribution in [0.15, 0.2) is 24.3 Å². The molecule has 1 saturated heterocycles. The summed E-state index contributed by atoms with van der Waals surface area (Å²) in [6.07, 6.45) is 3.60. The molecule has 0 saturated carbocycles. The highest BCUT2D eigenvalue weighted by Gasteiger charge is 2.24. The Bertz CT molecular complexity index is 544. The quantitative estimate of drug-likeness (QED) is 0.586. The van der Waals surface area contributed by atoms with Gasteiger partial charge in [-0.25, -0.2) is 0 Å². The Morgan fingerprint density at radius 2 is 2.23 bits per heavy atom. The predicted molar refractivity (Wildman–Crippen MR) is 85.8 cm³/mol. The number of carbonyl (C=O) groups excluding carboxylic acids is 1. The first-order valence-corrected chi connectivity index (χ1v) is 7.68. The number of allylic oxidation sites excluding steroid dienone is 1. The second-order valence-electron chi connectivity index (χ2n) is 5.70. The van der Waals surface area contributed by atoms with Crippen molar-refractivity contribution >= 4 is 6.29 Å². The van der Waals surface area contributed by atoms with E-state index in [2.05, 4.69) is 6.58 Å². The molecule has 0 radical (unpaired) electrons. The molecule has 1 aliphatic heterocycles. The van der Waals surface area contributed by atoms with Gasteiger partial charge in [0.25, 0.3) is 0 Å². The van der Waals surface area contributed by atoms with Crippen LogP contribution < -0.4 is 9.47 Å². The summed E-state index contributed by atoms with van der Waals surface area (Å²) in [5.74, 6) is 1.28. The Kier molecular flexibility index (Phi) is 5.61. The highest BCUT2D eigenvalue weighted by molar-refractivity contribution is 5.81. The fourth-order valence-electron chi connectivity index (χ4n) is 2.62. The van der Waals surface area contributed by atoms with Crippen LogP contribution in [0.1, 0.15) is 54.9 Å². The zero-order chi connectivity index (χ0) is 16.1. The van der Waals surface area contributed by atoms with Crippen LogP contribution in [-0.4, -0.2) is 26.3 Å². The van der Waals surface area contributed by atoms with Gasteiger partial charge in [-0.15, -0.1) is 0 Å². The van der Waals surface area contributed by atoms with Crippen LogP contribution in [0.5, 0.6) is 11.5 Å². The number of rotatable bonds is 6. The van der Waals surface area contributed by atoms with Gasteiger partial charge in [0.1, 0.15) is 11.5 Å². The van der Waals surface area contributed by atoms with Crippen LogP contribution in [0.25, 0.3) is 0 Å². The number of hydrogen-bond donors (Lipinski definition) is 0. The highest BCUT2D eigenvalue weighted by atomic mass is 16.7. The van der Waals surface area contributed by atoms with Gasteiger partial charge in [0, 0.05) is 17.9 Å². The second kappa shape index (κ2) is 7.45. The lowest BCUT2D eigenvalue weighted by Gasteiger charge is -2.27. The standard InChI is InChI=1S/C18H24O4/c1-12(2)13(3)17-15(22-16-7-5-6-10-21-16)9-8-14(11-19)18(17)20-4/h8-9,11,13,16H,1,5-7,10H2,2-4H3. The highest BCUT2D eigenvalue weighted by Crippen LogP contribution is 2.40. The SMILES string of the molecule is C=C(C)C(C)c1c(OC2CCCCO2)ccc(C=O)c1OC. The first-order valence-electron chi connectivity index (χ1n) is 7.68. The van der Waals surface area contributed by atoms with E-state index in [1.807, 2.05) is 19.9 Å². The number of hydrogen-bond acceptors (Lipinski definition) is 4. The van der Waals surface area contributed by atoms with Crippen LogP contribution in [-0.2, 0) is 4.74 Å². The fraction of sp³-hybridized carbons (Fsp3) is 0.500. The van der Waals surface area contributed by atoms with Crippen molar-refractivity contribution in [3.8, 4) is 11.5 Å². The Labute approximate surface area is 132 Å². The summed E-state index contributed by atoms with van der Waals surface area (Å²) in [6.45, 7) is 8.73. The number of benzene rings is 1. The first-order chi connectivity index (χ1) is 10.6. The van der Waals surface area contributed by atoms with Crippen molar-refractivity contribution in [2.75, 3.05) is 13.7 Å². The van der Waals surface area contributed by atoms with Gasteiger partial charge < -0.3 is 14.2 Å². The molecule has 4 heteroatoms. The smallest absolute Gasteiger partial charge is 0.199 e. The Hall–Kier alpha value is -1.81. The van der Waals surface area contributed by atoms with E-state index in [1.54, 1.807) is 13.2 Å². The van der Waals surface area contributed by atoms with Crippen LogP contribution in [0, 0.1) is 0 Å². The molecule has 1 heterocycles. The number of aldehydes is 1. The van der Waals surface area contributed by atoms with Crippen molar-refractivity contribution in [3.63, 3.8) is 0 Å². The maximum Gasteiger partial charge on any atom is 0.199 e. The summed E-state index contributed by atoms with van der Waals surface area (Å²) >= 11 is 0. The third-order valence-electron chi connectivity index (χ3n) is 4.09. The molecule has 22 heavy (non-hydrogen) atoms. The van der Waals surface area contributed by atoms with E-state index >= 15 is 0 Å². The third kappa shape index (κ3) is 3.50. The number of carbonyl (C=O) groups is 1. The van der Waals surface area contributed by atoms with Gasteiger partial charge >= 0.3 is 0 Å². The van der Waals surface area contributed by atoms with Crippen molar-refractivity contribution in [3.05, 3.63) is 35.4 Å². The van der Waals surface area contributed by atoms with Gasteiger partial charge in [0.15, 0.2) is 12.6 Å². The van der Waals surface area contributed by atoms with Crippen molar-refractivity contribution in [2.24, 2.45) is 0 Å². The van der Waals surface area contributed by atoms with E-state index in [1.165, 1.54) is 0 Å². The molecule has 0 aliphatic carbocycles. The van der Waals surface area contributed by atoms with Gasteiger partial charge in [0.05, 0.1) is 19.3 Å². The molecule has 1 aliphatic rings. The molecule has 0 bridgehead atoms. The average Bonchev–Trinajstić information content (AvgIpc) is 2.54. The summed E-state index contributed by atoms with van der Waals surface area (Å²) in [6, 6.07) is 3.54. The lowest BCUT2D eigenvalue weighted by Crippen LogP contribution is -2.25. The monoisotopic (exact) mass is 304 g/mol. The molecule has 2 unspecified atom stereocenters. The van der Waals surface area contributed by atoms with Gasteiger partial charge in [-0.1, -0.05) is 19.1 Å². The average molecular weight is 304 g/mol. The summed E-state index contributed by atoms with van der Waals surface area (Å²) in [5.41, 5.74) is 2.35. The van der Waals surface area contributed by atoms with E-state index in [0.717, 1.165) is 43.3 Å². The van der Waals surface area contributed by atoms with E-state index in [-0.39, 0.29) is 12.2 Å². The molecule has 120 valence electrons. The van der Waals surface area contributed by atoms with E-state index in [4.69, 9.17) is 14.2 Å². The molecule has 0 N–H and O–H groups in total. The van der Waals surface area contributed by atoms with Crippen molar-refractivity contribution in [1.82, 2.24) is 0 Å². The van der Waals surface area contributed by atoms with Crippen LogP contribution in [0.4, 0.5) is 0 Å². The maximum absolute atomic E-state index is 11.3. The van der Waals surface area contributed by atoms with Gasteiger partial charge in [-0.2, -0.15) is 0 Å².